The molecule has 0 bridgehead atoms. The second-order valence-corrected chi connectivity index (χ2v) is 9.26. The zero-order chi connectivity index (χ0) is 24.2. The highest BCUT2D eigenvalue weighted by molar-refractivity contribution is 5.97. The van der Waals surface area contributed by atoms with Crippen LogP contribution in [0.2, 0.25) is 0 Å². The normalized spacial score (nSPS) is 17.9. The summed E-state index contributed by atoms with van der Waals surface area (Å²) in [5, 5.41) is 16.7. The third-order valence-corrected chi connectivity index (χ3v) is 6.85. The van der Waals surface area contributed by atoms with E-state index in [2.05, 4.69) is 15.6 Å². The van der Waals surface area contributed by atoms with Crippen molar-refractivity contribution in [2.75, 3.05) is 5.32 Å². The van der Waals surface area contributed by atoms with E-state index < -0.39 is 18.0 Å². The number of hydroxylamine groups is 2. The van der Waals surface area contributed by atoms with Gasteiger partial charge in [-0.3, -0.25) is 19.6 Å². The number of rotatable bonds is 13. The number of anilines is 1. The molecule has 3 amide bonds. The molecule has 1 heterocycles. The summed E-state index contributed by atoms with van der Waals surface area (Å²) in [4.78, 5) is 42.2. The molecule has 0 unspecified atom stereocenters. The maximum atomic E-state index is 13.6. The van der Waals surface area contributed by atoms with Crippen molar-refractivity contribution in [2.45, 2.75) is 90.6 Å². The molecule has 8 nitrogen and oxygen atoms in total. The van der Waals surface area contributed by atoms with Gasteiger partial charge < -0.3 is 10.6 Å². The van der Waals surface area contributed by atoms with Gasteiger partial charge in [0.1, 0.15) is 11.9 Å². The molecule has 184 valence electrons. The molecule has 0 aliphatic heterocycles. The van der Waals surface area contributed by atoms with Crippen molar-refractivity contribution < 1.29 is 19.6 Å². The van der Waals surface area contributed by atoms with Gasteiger partial charge in [-0.15, -0.1) is 0 Å². The quantitative estimate of drug-likeness (QED) is 0.233. The molecule has 3 N–H and O–H groups in total. The second kappa shape index (κ2) is 13.9. The molecule has 33 heavy (non-hydrogen) atoms. The fourth-order valence-corrected chi connectivity index (χ4v) is 4.72. The first-order valence-electron chi connectivity index (χ1n) is 12.4. The maximum Gasteiger partial charge on any atom is 0.248 e. The van der Waals surface area contributed by atoms with Crippen LogP contribution in [0.5, 0.6) is 0 Å². The van der Waals surface area contributed by atoms with Gasteiger partial charge in [0.25, 0.3) is 0 Å². The predicted molar refractivity (Wildman–Crippen MR) is 127 cm³/mol. The minimum Gasteiger partial charge on any atom is -0.344 e. The number of amides is 3. The molecule has 8 heteroatoms. The van der Waals surface area contributed by atoms with Crippen molar-refractivity contribution in [2.24, 2.45) is 17.8 Å². The van der Waals surface area contributed by atoms with Gasteiger partial charge in [-0.25, -0.2) is 10.0 Å². The monoisotopic (exact) mass is 460 g/mol. The summed E-state index contributed by atoms with van der Waals surface area (Å²) in [6.45, 7) is 5.86. The fourth-order valence-electron chi connectivity index (χ4n) is 4.72. The standard InChI is InChI=1S/C25H40N4O4/c1-4-11-21(29(33)17-30)20(16-19-12-7-6-8-13-19)24(31)28-23(18(3)5-2)25(32)27-22-14-9-10-15-26-22/h9-10,14-15,17-21,23,33H,4-8,11-13,16H2,1-3H3,(H,28,31)(H,26,27,32)/t18-,20+,21+,23+/m1/s1. The summed E-state index contributed by atoms with van der Waals surface area (Å²) in [5.41, 5.74) is 0. The molecule has 0 aromatic carbocycles. The van der Waals surface area contributed by atoms with Gasteiger partial charge in [-0.05, 0) is 36.8 Å². The molecule has 1 aliphatic carbocycles. The van der Waals surface area contributed by atoms with Crippen molar-refractivity contribution in [3.8, 4) is 0 Å². The summed E-state index contributed by atoms with van der Waals surface area (Å²) in [5.74, 6) is -0.502. The lowest BCUT2D eigenvalue weighted by Crippen LogP contribution is -2.53. The Morgan fingerprint density at radius 1 is 1.21 bits per heavy atom. The SMILES string of the molecule is CCC[C@@H]([C@H](CC1CCCCC1)C(=O)N[C@H](C(=O)Nc1ccccn1)[C@H](C)CC)N(O)C=O. The predicted octanol–water partition coefficient (Wildman–Crippen LogP) is 4.15. The molecule has 1 aromatic heterocycles. The maximum absolute atomic E-state index is 13.6. The number of aromatic nitrogens is 1. The lowest BCUT2D eigenvalue weighted by molar-refractivity contribution is -0.170. The summed E-state index contributed by atoms with van der Waals surface area (Å²) >= 11 is 0. The van der Waals surface area contributed by atoms with E-state index in [9.17, 15) is 19.6 Å². The molecule has 1 saturated carbocycles. The van der Waals surface area contributed by atoms with Crippen LogP contribution in [0.3, 0.4) is 0 Å². The van der Waals surface area contributed by atoms with Crippen molar-refractivity contribution >= 4 is 24.0 Å². The van der Waals surface area contributed by atoms with Crippen LogP contribution in [-0.2, 0) is 14.4 Å². The summed E-state index contributed by atoms with van der Waals surface area (Å²) in [6, 6.07) is 3.88. The van der Waals surface area contributed by atoms with Crippen LogP contribution < -0.4 is 10.6 Å². The van der Waals surface area contributed by atoms with Crippen LogP contribution in [0, 0.1) is 17.8 Å². The van der Waals surface area contributed by atoms with Crippen LogP contribution in [0.1, 0.15) is 78.6 Å². The van der Waals surface area contributed by atoms with Gasteiger partial charge in [-0.1, -0.05) is 71.8 Å². The first kappa shape index (κ1) is 26.8. The van der Waals surface area contributed by atoms with Gasteiger partial charge in [-0.2, -0.15) is 0 Å². The Morgan fingerprint density at radius 3 is 2.52 bits per heavy atom. The average molecular weight is 461 g/mol. The third-order valence-electron chi connectivity index (χ3n) is 6.85. The minimum absolute atomic E-state index is 0.103. The van der Waals surface area contributed by atoms with Crippen molar-refractivity contribution in [3.63, 3.8) is 0 Å². The van der Waals surface area contributed by atoms with Gasteiger partial charge in [0.2, 0.25) is 18.2 Å². The molecule has 1 aromatic rings. The fraction of sp³-hybridized carbons (Fsp3) is 0.680. The smallest absolute Gasteiger partial charge is 0.248 e. The minimum atomic E-state index is -0.746. The molecular weight excluding hydrogens is 420 g/mol. The summed E-state index contributed by atoms with van der Waals surface area (Å²) in [7, 11) is 0. The molecule has 0 spiro atoms. The Hall–Kier alpha value is -2.48. The van der Waals surface area contributed by atoms with E-state index in [4.69, 9.17) is 0 Å². The number of pyridine rings is 1. The van der Waals surface area contributed by atoms with Gasteiger partial charge >= 0.3 is 0 Å². The Labute approximate surface area is 197 Å². The van der Waals surface area contributed by atoms with Gasteiger partial charge in [0, 0.05) is 6.20 Å². The highest BCUT2D eigenvalue weighted by Gasteiger charge is 2.37. The van der Waals surface area contributed by atoms with Crippen LogP contribution in [0.15, 0.2) is 24.4 Å². The van der Waals surface area contributed by atoms with E-state index in [0.717, 1.165) is 32.1 Å². The molecular formula is C25H40N4O4. The lowest BCUT2D eigenvalue weighted by Gasteiger charge is -2.35. The van der Waals surface area contributed by atoms with E-state index in [1.165, 1.54) is 6.42 Å². The molecule has 4 atom stereocenters. The van der Waals surface area contributed by atoms with Crippen molar-refractivity contribution in [1.29, 1.82) is 0 Å². The highest BCUT2D eigenvalue weighted by Crippen LogP contribution is 2.32. The number of carbonyl (C=O) groups excluding carboxylic acids is 3. The molecule has 0 saturated heterocycles. The number of carbonyl (C=O) groups is 3. The van der Waals surface area contributed by atoms with Gasteiger partial charge in [0.15, 0.2) is 0 Å². The van der Waals surface area contributed by atoms with Crippen LogP contribution >= 0.6 is 0 Å². The topological polar surface area (TPSA) is 112 Å². The van der Waals surface area contributed by atoms with E-state index in [0.29, 0.717) is 42.5 Å². The van der Waals surface area contributed by atoms with Crippen molar-refractivity contribution in [1.82, 2.24) is 15.4 Å². The van der Waals surface area contributed by atoms with E-state index in [1.54, 1.807) is 24.4 Å². The van der Waals surface area contributed by atoms with Crippen LogP contribution in [0.4, 0.5) is 5.82 Å². The molecule has 2 rings (SSSR count). The summed E-state index contributed by atoms with van der Waals surface area (Å²) < 4.78 is 0. The largest absolute Gasteiger partial charge is 0.344 e. The average Bonchev–Trinajstić information content (AvgIpc) is 2.84. The Bertz CT molecular complexity index is 739. The number of hydrogen-bond acceptors (Lipinski definition) is 5. The Balaban J connectivity index is 2.23. The Kier molecular flexibility index (Phi) is 11.3. The van der Waals surface area contributed by atoms with E-state index in [-0.39, 0.29) is 17.7 Å². The van der Waals surface area contributed by atoms with Crippen molar-refractivity contribution in [3.05, 3.63) is 24.4 Å². The molecule has 1 fully saturated rings. The lowest BCUT2D eigenvalue weighted by atomic mass is 9.79. The first-order chi connectivity index (χ1) is 15.9. The van der Waals surface area contributed by atoms with E-state index >= 15 is 0 Å². The molecule has 0 radical (unpaired) electrons. The zero-order valence-corrected chi connectivity index (χ0v) is 20.2. The highest BCUT2D eigenvalue weighted by atomic mass is 16.5. The number of nitrogens with one attached hydrogen (secondary N) is 2. The zero-order valence-electron chi connectivity index (χ0n) is 20.2. The second-order valence-electron chi connectivity index (χ2n) is 9.26. The number of hydrogen-bond donors (Lipinski definition) is 3. The van der Waals surface area contributed by atoms with Crippen LogP contribution in [0.25, 0.3) is 0 Å². The van der Waals surface area contributed by atoms with Gasteiger partial charge in [0.05, 0.1) is 12.0 Å². The summed E-state index contributed by atoms with van der Waals surface area (Å²) in [6.07, 6.45) is 10.1. The van der Waals surface area contributed by atoms with Crippen LogP contribution in [-0.4, -0.2) is 45.6 Å². The molecule has 1 aliphatic rings. The third kappa shape index (κ3) is 8.11. The van der Waals surface area contributed by atoms with E-state index in [1.807, 2.05) is 20.8 Å². The Morgan fingerprint density at radius 2 is 1.94 bits per heavy atom. The first-order valence-corrected chi connectivity index (χ1v) is 12.4. The number of nitrogens with zero attached hydrogens (tertiary/aromatic N) is 2.